The minimum Gasteiger partial charge on any atom is -0.398 e. The number of hydrogen-bond acceptors (Lipinski definition) is 2. The monoisotopic (exact) mass is 190 g/mol. The van der Waals surface area contributed by atoms with E-state index in [0.29, 0.717) is 27.8 Å². The second kappa shape index (κ2) is 3.30. The summed E-state index contributed by atoms with van der Waals surface area (Å²) in [4.78, 5) is 0. The van der Waals surface area contributed by atoms with Crippen molar-refractivity contribution in [3.8, 4) is 0 Å². The Hall–Kier alpha value is -0.440. The van der Waals surface area contributed by atoms with Crippen LogP contribution in [0.2, 0.25) is 10.0 Å². The molecule has 0 unspecified atom stereocenters. The second-order valence-electron chi connectivity index (χ2n) is 2.13. The van der Waals surface area contributed by atoms with E-state index in [1.807, 2.05) is 0 Å². The molecule has 0 atom stereocenters. The fourth-order valence-electron chi connectivity index (χ4n) is 0.815. The van der Waals surface area contributed by atoms with E-state index in [9.17, 15) is 0 Å². The first-order chi connectivity index (χ1) is 5.16. The van der Waals surface area contributed by atoms with E-state index in [2.05, 4.69) is 0 Å². The number of hydrogen-bond donors (Lipinski definition) is 2. The number of benzene rings is 1. The molecule has 0 bridgehead atoms. The lowest BCUT2D eigenvalue weighted by Gasteiger charge is -2.05. The van der Waals surface area contributed by atoms with E-state index in [-0.39, 0.29) is 0 Å². The number of nitrogen functional groups attached to an aromatic ring is 1. The molecule has 4 N–H and O–H groups in total. The van der Waals surface area contributed by atoms with Crippen molar-refractivity contribution in [2.24, 2.45) is 5.73 Å². The maximum absolute atomic E-state index is 5.81. The van der Waals surface area contributed by atoms with Crippen molar-refractivity contribution in [1.82, 2.24) is 0 Å². The zero-order chi connectivity index (χ0) is 8.43. The standard InChI is InChI=1S/C7H8Cl2N2/c8-5-1-2-6(11)4(3-10)7(5)9/h1-2H,3,10-11H2. The zero-order valence-electron chi connectivity index (χ0n) is 5.77. The molecule has 4 heteroatoms. The van der Waals surface area contributed by atoms with Crippen molar-refractivity contribution < 1.29 is 0 Å². The van der Waals surface area contributed by atoms with Crippen LogP contribution >= 0.6 is 23.2 Å². The lowest BCUT2D eigenvalue weighted by molar-refractivity contribution is 1.08. The fraction of sp³-hybridized carbons (Fsp3) is 0.143. The van der Waals surface area contributed by atoms with Gasteiger partial charge >= 0.3 is 0 Å². The summed E-state index contributed by atoms with van der Waals surface area (Å²) in [6.45, 7) is 0.311. The lowest BCUT2D eigenvalue weighted by atomic mass is 10.2. The minimum absolute atomic E-state index is 0.311. The molecule has 1 aromatic carbocycles. The molecular weight excluding hydrogens is 183 g/mol. The molecule has 0 aromatic heterocycles. The first-order valence-corrected chi connectivity index (χ1v) is 3.85. The Labute approximate surface area is 75.1 Å². The maximum Gasteiger partial charge on any atom is 0.0657 e. The van der Waals surface area contributed by atoms with Crippen molar-refractivity contribution in [3.05, 3.63) is 27.7 Å². The van der Waals surface area contributed by atoms with Gasteiger partial charge in [-0.1, -0.05) is 23.2 Å². The Balaban J connectivity index is 3.29. The summed E-state index contributed by atoms with van der Waals surface area (Å²) >= 11 is 11.5. The van der Waals surface area contributed by atoms with Crippen molar-refractivity contribution in [2.75, 3.05) is 5.73 Å². The van der Waals surface area contributed by atoms with Gasteiger partial charge in [-0.2, -0.15) is 0 Å². The molecule has 0 fully saturated rings. The Kier molecular flexibility index (Phi) is 2.60. The molecule has 0 radical (unpaired) electrons. The number of anilines is 1. The molecule has 0 saturated heterocycles. The molecule has 0 aliphatic carbocycles. The van der Waals surface area contributed by atoms with Gasteiger partial charge in [0.1, 0.15) is 0 Å². The van der Waals surface area contributed by atoms with Gasteiger partial charge in [-0.15, -0.1) is 0 Å². The highest BCUT2D eigenvalue weighted by Crippen LogP contribution is 2.29. The van der Waals surface area contributed by atoms with E-state index in [4.69, 9.17) is 34.7 Å². The van der Waals surface area contributed by atoms with Gasteiger partial charge in [0.2, 0.25) is 0 Å². The number of nitrogens with two attached hydrogens (primary N) is 2. The normalized spacial score (nSPS) is 10.1. The highest BCUT2D eigenvalue weighted by molar-refractivity contribution is 6.42. The van der Waals surface area contributed by atoms with Crippen LogP contribution in [0.15, 0.2) is 12.1 Å². The summed E-state index contributed by atoms with van der Waals surface area (Å²) in [5.74, 6) is 0. The van der Waals surface area contributed by atoms with Crippen LogP contribution in [0.3, 0.4) is 0 Å². The van der Waals surface area contributed by atoms with Gasteiger partial charge in [0.25, 0.3) is 0 Å². The van der Waals surface area contributed by atoms with Crippen molar-refractivity contribution in [3.63, 3.8) is 0 Å². The van der Waals surface area contributed by atoms with Crippen molar-refractivity contribution in [2.45, 2.75) is 6.54 Å². The third-order valence-electron chi connectivity index (χ3n) is 1.44. The predicted octanol–water partition coefficient (Wildman–Crippen LogP) is 2.03. The van der Waals surface area contributed by atoms with Gasteiger partial charge in [-0.25, -0.2) is 0 Å². The number of halogens is 2. The highest BCUT2D eigenvalue weighted by Gasteiger charge is 2.05. The van der Waals surface area contributed by atoms with Crippen molar-refractivity contribution >= 4 is 28.9 Å². The first kappa shape index (κ1) is 8.65. The molecular formula is C7H8Cl2N2. The van der Waals surface area contributed by atoms with Crippen LogP contribution < -0.4 is 11.5 Å². The molecule has 60 valence electrons. The molecule has 11 heavy (non-hydrogen) atoms. The van der Waals surface area contributed by atoms with Crippen LogP contribution in [-0.2, 0) is 6.54 Å². The summed E-state index contributed by atoms with van der Waals surface area (Å²) in [6.07, 6.45) is 0. The Bertz CT molecular complexity index is 273. The van der Waals surface area contributed by atoms with Gasteiger partial charge < -0.3 is 11.5 Å². The zero-order valence-corrected chi connectivity index (χ0v) is 7.28. The average Bonchev–Trinajstić information content (AvgIpc) is 1.99. The van der Waals surface area contributed by atoms with E-state index in [1.54, 1.807) is 12.1 Å². The fourth-order valence-corrected chi connectivity index (χ4v) is 1.24. The summed E-state index contributed by atoms with van der Waals surface area (Å²) in [5.41, 5.74) is 12.3. The molecule has 0 saturated carbocycles. The molecule has 0 amide bonds. The molecule has 0 heterocycles. The lowest BCUT2D eigenvalue weighted by Crippen LogP contribution is -2.02. The van der Waals surface area contributed by atoms with Gasteiger partial charge in [0.05, 0.1) is 10.0 Å². The highest BCUT2D eigenvalue weighted by atomic mass is 35.5. The molecule has 0 aliphatic heterocycles. The molecule has 0 spiro atoms. The van der Waals surface area contributed by atoms with Crippen LogP contribution in [-0.4, -0.2) is 0 Å². The third kappa shape index (κ3) is 1.59. The smallest absolute Gasteiger partial charge is 0.0657 e. The minimum atomic E-state index is 0.311. The van der Waals surface area contributed by atoms with E-state index >= 15 is 0 Å². The second-order valence-corrected chi connectivity index (χ2v) is 2.92. The Morgan fingerprint density at radius 3 is 2.36 bits per heavy atom. The van der Waals surface area contributed by atoms with E-state index in [0.717, 1.165) is 0 Å². The van der Waals surface area contributed by atoms with Crippen LogP contribution in [0.4, 0.5) is 5.69 Å². The molecule has 2 nitrogen and oxygen atoms in total. The van der Waals surface area contributed by atoms with E-state index < -0.39 is 0 Å². The summed E-state index contributed by atoms with van der Waals surface area (Å²) < 4.78 is 0. The van der Waals surface area contributed by atoms with E-state index in [1.165, 1.54) is 0 Å². The number of rotatable bonds is 1. The molecule has 1 aromatic rings. The summed E-state index contributed by atoms with van der Waals surface area (Å²) in [6, 6.07) is 3.34. The van der Waals surface area contributed by atoms with Crippen LogP contribution in [0.25, 0.3) is 0 Å². The topological polar surface area (TPSA) is 52.0 Å². The summed E-state index contributed by atoms with van der Waals surface area (Å²) in [7, 11) is 0. The Morgan fingerprint density at radius 2 is 1.91 bits per heavy atom. The van der Waals surface area contributed by atoms with Gasteiger partial charge in [0, 0.05) is 17.8 Å². The average molecular weight is 191 g/mol. The summed E-state index contributed by atoms with van der Waals surface area (Å²) in [5, 5.41) is 0.940. The SMILES string of the molecule is NCc1c(N)ccc(Cl)c1Cl. The largest absolute Gasteiger partial charge is 0.398 e. The quantitative estimate of drug-likeness (QED) is 0.667. The molecule has 0 aliphatic rings. The van der Waals surface area contributed by atoms with Crippen LogP contribution in [0.1, 0.15) is 5.56 Å². The Morgan fingerprint density at radius 1 is 1.27 bits per heavy atom. The van der Waals surface area contributed by atoms with Crippen molar-refractivity contribution in [1.29, 1.82) is 0 Å². The first-order valence-electron chi connectivity index (χ1n) is 3.09. The van der Waals surface area contributed by atoms with Crippen LogP contribution in [0, 0.1) is 0 Å². The third-order valence-corrected chi connectivity index (χ3v) is 2.28. The maximum atomic E-state index is 5.81. The molecule has 1 rings (SSSR count). The van der Waals surface area contributed by atoms with Gasteiger partial charge in [0.15, 0.2) is 0 Å². The van der Waals surface area contributed by atoms with Crippen LogP contribution in [0.5, 0.6) is 0 Å². The predicted molar refractivity (Wildman–Crippen MR) is 48.8 cm³/mol. The van der Waals surface area contributed by atoms with Gasteiger partial charge in [-0.3, -0.25) is 0 Å². The van der Waals surface area contributed by atoms with Gasteiger partial charge in [-0.05, 0) is 12.1 Å².